The predicted octanol–water partition coefficient (Wildman–Crippen LogP) is 16.5. The topological polar surface area (TPSA) is 214 Å². The third kappa shape index (κ3) is 20.1. The molecule has 0 bridgehead atoms. The molecule has 23 nitrogen and oxygen atoms in total. The number of amides is 4. The molecule has 8 aliphatic heterocycles. The van der Waals surface area contributed by atoms with E-state index in [-0.39, 0.29) is 115 Å². The number of aliphatic hydroxyl groups is 1. The highest BCUT2D eigenvalue weighted by atomic mass is 19.4. The van der Waals surface area contributed by atoms with Gasteiger partial charge in [-0.25, -0.2) is 13.2 Å². The summed E-state index contributed by atoms with van der Waals surface area (Å²) >= 11 is 0. The van der Waals surface area contributed by atoms with Gasteiger partial charge in [0, 0.05) is 177 Å². The maximum atomic E-state index is 14.8. The van der Waals surface area contributed by atoms with Crippen molar-refractivity contribution in [2.24, 2.45) is 5.41 Å². The van der Waals surface area contributed by atoms with Crippen LogP contribution in [0.5, 0.6) is 17.2 Å². The molecule has 0 aliphatic carbocycles. The number of aromatic nitrogens is 4. The van der Waals surface area contributed by atoms with Gasteiger partial charge in [-0.05, 0) is 210 Å². The Balaban J connectivity index is 0.000000161. The number of nitrogens with one attached hydrogen (secondary N) is 1. The summed E-state index contributed by atoms with van der Waals surface area (Å²) in [7, 11) is 8.99. The number of methoxy groups -OCH3 is 2. The van der Waals surface area contributed by atoms with Gasteiger partial charge in [0.1, 0.15) is 41.2 Å². The summed E-state index contributed by atoms with van der Waals surface area (Å²) in [4.78, 5) is 90.6. The molecule has 0 saturated carbocycles. The van der Waals surface area contributed by atoms with E-state index in [2.05, 4.69) is 56.3 Å². The van der Waals surface area contributed by atoms with E-state index >= 15 is 0 Å². The number of likely N-dealkylation sites (tertiary alicyclic amines) is 4. The van der Waals surface area contributed by atoms with E-state index in [4.69, 9.17) is 18.9 Å². The zero-order valence-corrected chi connectivity index (χ0v) is 77.4. The second-order valence-electron chi connectivity index (χ2n) is 37.2. The van der Waals surface area contributed by atoms with Crippen molar-refractivity contribution in [3.05, 3.63) is 217 Å². The number of hydrogen-bond donors (Lipinski definition) is 2. The normalized spacial score (nSPS) is 18.3. The molecule has 4 spiro atoms. The molecular formula is C98H118F12N12O11. The van der Waals surface area contributed by atoms with Gasteiger partial charge in [0.05, 0.1) is 75.8 Å². The quantitative estimate of drug-likeness (QED) is 0.0624. The van der Waals surface area contributed by atoms with Gasteiger partial charge in [-0.2, -0.15) is 39.5 Å². The van der Waals surface area contributed by atoms with E-state index < -0.39 is 92.9 Å². The van der Waals surface area contributed by atoms with Crippen molar-refractivity contribution in [1.82, 2.24) is 57.9 Å². The highest BCUT2D eigenvalue weighted by Crippen LogP contribution is 2.50. The standard InChI is InChI=1S/C28H36F3N3O3.C25H28FN3O3.C23H26F5N3O2.C22H26F3N3O3.H2/c1-18(2)37-22-9-7-19(17-20(22)28(29,30)31)25(36)33-13-11-27(12-14-33)23-10-8-21(24(35)26(3,4)5)34(23)16-15-32(27)6;1-18(30)22-8-9-23-25(27(2)14-15-29(22)23)10-12-28(13-11-25)24(31)20-7-6-19(21(26)17-20)5-4-16-32-3;1-21(2,33)15-5-4-14(12-16(15)24)20(32)30-8-6-22(7-9-30)19-17(25)13-18(23(26,27)28)31(19)11-10-29(22)3;1-3-31-17-14-15(4-5-16(17)30-2)20(29)27-11-8-21(9-12-27)18-6-7-19(22(23,24)25)28(18)13-10-26-21;/h7-10,17-18H,11-16H2,1-6H3;6-9,17H,10-16H2,1-3H3;4-5,12-13,33H,6-11H2,1-3H3;4-7,14,26H,3,8-13H2,1-2H3;1H. The van der Waals surface area contributed by atoms with Crippen LogP contribution in [0.4, 0.5) is 52.7 Å². The number of nitrogens with zero attached hydrogens (tertiary/aromatic N) is 11. The van der Waals surface area contributed by atoms with Crippen LogP contribution >= 0.6 is 0 Å². The number of alkyl halides is 9. The maximum Gasteiger partial charge on any atom is 0.431 e. The van der Waals surface area contributed by atoms with Crippen molar-refractivity contribution in [3.63, 3.8) is 0 Å². The number of likely N-dealkylation sites (N-methyl/N-ethyl adjacent to an activating group) is 3. The summed E-state index contributed by atoms with van der Waals surface area (Å²) in [6.07, 6.45) is -9.72. The summed E-state index contributed by atoms with van der Waals surface area (Å²) in [5.74, 6) is 3.16. The lowest BCUT2D eigenvalue weighted by atomic mass is 9.81. The summed E-state index contributed by atoms with van der Waals surface area (Å²) in [5.41, 5.74) is -0.897. The number of carbonyl (C=O) groups excluding carboxylic acids is 6. The Morgan fingerprint density at radius 3 is 1.38 bits per heavy atom. The average Bonchev–Trinajstić information content (AvgIpc) is 1.55. The first kappa shape index (κ1) is 99.6. The minimum Gasteiger partial charge on any atom is -0.493 e. The Morgan fingerprint density at radius 2 is 0.917 bits per heavy atom. The fourth-order valence-electron chi connectivity index (χ4n) is 20.2. The number of benzene rings is 4. The fourth-order valence-corrected chi connectivity index (χ4v) is 20.2. The predicted molar refractivity (Wildman–Crippen MR) is 475 cm³/mol. The number of rotatable bonds is 13. The summed E-state index contributed by atoms with van der Waals surface area (Å²) in [6, 6.07) is 28.1. The number of carbonyl (C=O) groups is 6. The molecule has 4 aromatic carbocycles. The lowest BCUT2D eigenvalue weighted by molar-refractivity contribution is -0.145. The Morgan fingerprint density at radius 1 is 0.466 bits per heavy atom. The van der Waals surface area contributed by atoms with E-state index in [1.165, 1.54) is 60.8 Å². The van der Waals surface area contributed by atoms with E-state index in [0.29, 0.717) is 131 Å². The Bertz CT molecular complexity index is 5720. The molecule has 8 aliphatic rings. The number of ketones is 2. The maximum absolute atomic E-state index is 14.8. The van der Waals surface area contributed by atoms with Crippen LogP contribution in [0.15, 0.2) is 115 Å². The van der Waals surface area contributed by atoms with E-state index in [0.717, 1.165) is 72.3 Å². The van der Waals surface area contributed by atoms with Gasteiger partial charge in [0.25, 0.3) is 23.6 Å². The van der Waals surface area contributed by atoms with Crippen molar-refractivity contribution >= 4 is 35.2 Å². The molecule has 4 fully saturated rings. The van der Waals surface area contributed by atoms with Gasteiger partial charge in [0.2, 0.25) is 0 Å². The summed E-state index contributed by atoms with van der Waals surface area (Å²) < 4.78 is 193. The van der Waals surface area contributed by atoms with E-state index in [1.54, 1.807) is 86.0 Å². The number of ether oxygens (including phenoxy) is 4. The molecule has 4 aromatic heterocycles. The van der Waals surface area contributed by atoms with E-state index in [1.807, 2.05) is 50.8 Å². The number of Topliss-reactive ketones (excluding diaryl/α,β-unsaturated/α-hetero) is 2. The number of halogens is 12. The lowest BCUT2D eigenvalue weighted by Crippen LogP contribution is -2.57. The molecule has 0 radical (unpaired) electrons. The van der Waals surface area contributed by atoms with Crippen molar-refractivity contribution < 1.29 is 107 Å². The molecule has 2 N–H and O–H groups in total. The lowest BCUT2D eigenvalue weighted by Gasteiger charge is -2.50. The molecule has 133 heavy (non-hydrogen) atoms. The Kier molecular flexibility index (Phi) is 29.1. The van der Waals surface area contributed by atoms with Crippen LogP contribution in [0.2, 0.25) is 0 Å². The van der Waals surface area contributed by atoms with Crippen LogP contribution in [-0.4, -0.2) is 226 Å². The van der Waals surface area contributed by atoms with Crippen molar-refractivity contribution in [3.8, 4) is 29.1 Å². The molecule has 8 aromatic rings. The van der Waals surface area contributed by atoms with Crippen LogP contribution in [0.25, 0.3) is 0 Å². The highest BCUT2D eigenvalue weighted by molar-refractivity contribution is 5.99. The Hall–Kier alpha value is -10.9. The SMILES string of the molecule is CC(C)Oc1ccc(C(=O)N2CCC3(CC2)c2ccc(C(=O)C(C)(C)C)n2CCN3C)cc1C(F)(F)F.CCOc1cc(C(=O)N2CCC3(CC2)NCCn2c(C(F)(F)F)ccc23)ccc1OC.CN1CCn2c(C(F)(F)F)cc(F)c2C12CCN(C(=O)c1ccc(C(C)(C)O)c(F)c1)CC2.COCC#Cc1ccc(C(=O)N2CCC3(CC2)c2ccc(C(C)=O)n2CCN3C)cc1F.[HH]. The van der Waals surface area contributed by atoms with Gasteiger partial charge < -0.3 is 67.2 Å². The molecule has 12 heterocycles. The smallest absolute Gasteiger partial charge is 0.431 e. The minimum absolute atomic E-state index is 0. The number of fused-ring (bicyclic) bond motifs is 8. The van der Waals surface area contributed by atoms with Crippen molar-refractivity contribution in [2.75, 3.05) is 127 Å². The largest absolute Gasteiger partial charge is 0.493 e. The molecule has 0 unspecified atom stereocenters. The fraction of sp³-hybridized carbons (Fsp3) is 0.510. The van der Waals surface area contributed by atoms with Crippen molar-refractivity contribution in [1.29, 1.82) is 0 Å². The van der Waals surface area contributed by atoms with Gasteiger partial charge >= 0.3 is 18.5 Å². The van der Waals surface area contributed by atoms with Gasteiger partial charge in [-0.1, -0.05) is 38.7 Å². The third-order valence-corrected chi connectivity index (χ3v) is 27.4. The molecule has 4 amide bonds. The molecule has 35 heteroatoms. The van der Waals surface area contributed by atoms with Crippen LogP contribution in [0.1, 0.15) is 228 Å². The summed E-state index contributed by atoms with van der Waals surface area (Å²) in [6.45, 7) is 23.5. The first-order valence-corrected chi connectivity index (χ1v) is 44.8. The van der Waals surface area contributed by atoms with Crippen LogP contribution < -0.4 is 19.5 Å². The second kappa shape index (κ2) is 38.8. The zero-order valence-electron chi connectivity index (χ0n) is 77.4. The Labute approximate surface area is 767 Å². The molecule has 0 atom stereocenters. The monoisotopic (exact) mass is 1870 g/mol. The van der Waals surface area contributed by atoms with Crippen molar-refractivity contribution in [2.45, 2.75) is 192 Å². The molecule has 4 saturated heterocycles. The van der Waals surface area contributed by atoms with Crippen LogP contribution in [0.3, 0.4) is 0 Å². The first-order valence-electron chi connectivity index (χ1n) is 44.8. The van der Waals surface area contributed by atoms with Gasteiger partial charge in [0.15, 0.2) is 23.1 Å². The minimum atomic E-state index is -4.66. The number of hydrogen-bond acceptors (Lipinski definition) is 15. The molecule has 720 valence electrons. The zero-order chi connectivity index (χ0) is 96.8. The summed E-state index contributed by atoms with van der Waals surface area (Å²) in [5, 5.41) is 13.5. The average molecular weight is 1870 g/mol. The second-order valence-corrected chi connectivity index (χ2v) is 37.2. The number of piperidine rings is 4. The van der Waals surface area contributed by atoms with Crippen LogP contribution in [-0.2, 0) is 77.2 Å². The first-order chi connectivity index (χ1) is 62.6. The highest BCUT2D eigenvalue weighted by Gasteiger charge is 2.53. The van der Waals surface area contributed by atoms with E-state index in [9.17, 15) is 86.6 Å². The van der Waals surface area contributed by atoms with Gasteiger partial charge in [-0.15, -0.1) is 0 Å². The van der Waals surface area contributed by atoms with Gasteiger partial charge in [-0.3, -0.25) is 43.5 Å². The third-order valence-electron chi connectivity index (χ3n) is 27.4. The van der Waals surface area contributed by atoms with Crippen LogP contribution in [0, 0.1) is 34.7 Å². The molecule has 16 rings (SSSR count). The molecular weight excluding hydrogens is 1750 g/mol.